The van der Waals surface area contributed by atoms with Crippen molar-refractivity contribution < 1.29 is 9.53 Å². The van der Waals surface area contributed by atoms with Crippen molar-refractivity contribution in [3.8, 4) is 0 Å². The van der Waals surface area contributed by atoms with Crippen LogP contribution in [0, 0.1) is 0 Å². The standard InChI is InChI=1S/C20H24N4O2/c1-23-12-15(18-7-2-3-8-19(18)23)10-20(25)22-16-11-21-24(13-16)14-17-6-4-5-9-26-17/h2-3,7-8,11-13,17H,4-6,9-10,14H2,1H3,(H,22,25). The van der Waals surface area contributed by atoms with E-state index in [4.69, 9.17) is 4.74 Å². The normalized spacial score (nSPS) is 17.5. The molecule has 0 spiro atoms. The third-order valence-electron chi connectivity index (χ3n) is 4.91. The topological polar surface area (TPSA) is 61.1 Å². The van der Waals surface area contributed by atoms with Crippen molar-refractivity contribution in [2.45, 2.75) is 38.3 Å². The van der Waals surface area contributed by atoms with Crippen LogP contribution in [0.3, 0.4) is 0 Å². The lowest BCUT2D eigenvalue weighted by Gasteiger charge is -2.22. The van der Waals surface area contributed by atoms with Gasteiger partial charge in [-0.2, -0.15) is 5.10 Å². The molecule has 0 bridgehead atoms. The monoisotopic (exact) mass is 352 g/mol. The molecule has 4 rings (SSSR count). The second kappa shape index (κ2) is 7.33. The molecular weight excluding hydrogens is 328 g/mol. The Morgan fingerprint density at radius 3 is 3.04 bits per heavy atom. The number of aromatic nitrogens is 3. The molecule has 1 N–H and O–H groups in total. The number of para-hydroxylation sites is 1. The van der Waals surface area contributed by atoms with Crippen LogP contribution in [0.4, 0.5) is 5.69 Å². The molecule has 1 fully saturated rings. The van der Waals surface area contributed by atoms with Crippen LogP contribution >= 0.6 is 0 Å². The highest BCUT2D eigenvalue weighted by molar-refractivity contribution is 5.95. The summed E-state index contributed by atoms with van der Waals surface area (Å²) < 4.78 is 9.65. The lowest BCUT2D eigenvalue weighted by molar-refractivity contribution is -0.115. The molecule has 6 heteroatoms. The van der Waals surface area contributed by atoms with Crippen molar-refractivity contribution in [1.29, 1.82) is 0 Å². The number of fused-ring (bicyclic) bond motifs is 1. The summed E-state index contributed by atoms with van der Waals surface area (Å²) in [5.74, 6) is -0.0326. The number of benzene rings is 1. The molecule has 0 radical (unpaired) electrons. The van der Waals surface area contributed by atoms with Gasteiger partial charge in [0.2, 0.25) is 5.91 Å². The molecular formula is C20H24N4O2. The molecule has 2 aromatic heterocycles. The number of carbonyl (C=O) groups excluding carboxylic acids is 1. The Balaban J connectivity index is 1.38. The fourth-order valence-corrected chi connectivity index (χ4v) is 3.63. The summed E-state index contributed by atoms with van der Waals surface area (Å²) in [5.41, 5.74) is 2.89. The highest BCUT2D eigenvalue weighted by Crippen LogP contribution is 2.21. The fourth-order valence-electron chi connectivity index (χ4n) is 3.63. The summed E-state index contributed by atoms with van der Waals surface area (Å²) in [5, 5.41) is 8.41. The van der Waals surface area contributed by atoms with Gasteiger partial charge in [-0.1, -0.05) is 18.2 Å². The smallest absolute Gasteiger partial charge is 0.228 e. The molecule has 1 atom stereocenters. The summed E-state index contributed by atoms with van der Waals surface area (Å²) in [6.07, 6.45) is 9.59. The first kappa shape index (κ1) is 16.8. The van der Waals surface area contributed by atoms with Crippen LogP contribution in [-0.4, -0.2) is 33.0 Å². The third kappa shape index (κ3) is 3.65. The fraction of sp³-hybridized carbons (Fsp3) is 0.400. The Morgan fingerprint density at radius 1 is 1.31 bits per heavy atom. The van der Waals surface area contributed by atoms with Gasteiger partial charge in [0.25, 0.3) is 0 Å². The second-order valence-corrected chi connectivity index (χ2v) is 6.95. The van der Waals surface area contributed by atoms with Gasteiger partial charge in [-0.3, -0.25) is 9.48 Å². The van der Waals surface area contributed by atoms with E-state index in [2.05, 4.69) is 27.1 Å². The van der Waals surface area contributed by atoms with E-state index >= 15 is 0 Å². The number of ether oxygens (including phenoxy) is 1. The molecule has 1 saturated heterocycles. The minimum atomic E-state index is -0.0326. The lowest BCUT2D eigenvalue weighted by Crippen LogP contribution is -2.24. The first-order valence-electron chi connectivity index (χ1n) is 9.16. The van der Waals surface area contributed by atoms with Gasteiger partial charge in [0.15, 0.2) is 0 Å². The van der Waals surface area contributed by atoms with E-state index in [9.17, 15) is 4.79 Å². The predicted octanol–water partition coefficient (Wildman–Crippen LogP) is 3.13. The summed E-state index contributed by atoms with van der Waals surface area (Å²) in [6, 6.07) is 8.13. The zero-order valence-electron chi connectivity index (χ0n) is 15.0. The van der Waals surface area contributed by atoms with E-state index in [0.29, 0.717) is 6.42 Å². The van der Waals surface area contributed by atoms with Crippen LogP contribution in [0.2, 0.25) is 0 Å². The second-order valence-electron chi connectivity index (χ2n) is 6.95. The third-order valence-corrected chi connectivity index (χ3v) is 4.91. The quantitative estimate of drug-likeness (QED) is 0.767. The molecule has 1 amide bonds. The average Bonchev–Trinajstić information content (AvgIpc) is 3.21. The maximum Gasteiger partial charge on any atom is 0.228 e. The van der Waals surface area contributed by atoms with E-state index in [1.807, 2.05) is 36.3 Å². The highest BCUT2D eigenvalue weighted by atomic mass is 16.5. The van der Waals surface area contributed by atoms with Crippen LogP contribution < -0.4 is 5.32 Å². The lowest BCUT2D eigenvalue weighted by atomic mass is 10.1. The molecule has 0 aliphatic carbocycles. The number of carbonyl (C=O) groups is 1. The first-order valence-corrected chi connectivity index (χ1v) is 9.16. The van der Waals surface area contributed by atoms with Crippen LogP contribution in [0.5, 0.6) is 0 Å². The van der Waals surface area contributed by atoms with E-state index in [1.54, 1.807) is 6.20 Å². The molecule has 0 saturated carbocycles. The number of amides is 1. The average molecular weight is 352 g/mol. The van der Waals surface area contributed by atoms with Gasteiger partial charge in [-0.05, 0) is 30.9 Å². The number of hydrogen-bond donors (Lipinski definition) is 1. The summed E-state index contributed by atoms with van der Waals surface area (Å²) in [7, 11) is 2.00. The molecule has 3 aromatic rings. The van der Waals surface area contributed by atoms with Crippen molar-refractivity contribution in [2.75, 3.05) is 11.9 Å². The van der Waals surface area contributed by atoms with Crippen molar-refractivity contribution in [3.63, 3.8) is 0 Å². The van der Waals surface area contributed by atoms with Gasteiger partial charge in [0.1, 0.15) is 0 Å². The van der Waals surface area contributed by atoms with Gasteiger partial charge in [0, 0.05) is 37.0 Å². The molecule has 1 aliphatic heterocycles. The van der Waals surface area contributed by atoms with Crippen LogP contribution in [0.1, 0.15) is 24.8 Å². The molecule has 1 aliphatic rings. The van der Waals surface area contributed by atoms with Crippen LogP contribution in [-0.2, 0) is 29.5 Å². The van der Waals surface area contributed by atoms with E-state index in [0.717, 1.165) is 48.1 Å². The molecule has 136 valence electrons. The largest absolute Gasteiger partial charge is 0.376 e. The first-order chi connectivity index (χ1) is 12.7. The van der Waals surface area contributed by atoms with Crippen molar-refractivity contribution in [3.05, 3.63) is 48.4 Å². The Kier molecular flexibility index (Phi) is 4.75. The van der Waals surface area contributed by atoms with Gasteiger partial charge in [-0.25, -0.2) is 0 Å². The van der Waals surface area contributed by atoms with Crippen LogP contribution in [0.15, 0.2) is 42.9 Å². The van der Waals surface area contributed by atoms with E-state index in [-0.39, 0.29) is 12.0 Å². The highest BCUT2D eigenvalue weighted by Gasteiger charge is 2.15. The zero-order valence-corrected chi connectivity index (χ0v) is 15.0. The van der Waals surface area contributed by atoms with Gasteiger partial charge in [-0.15, -0.1) is 0 Å². The van der Waals surface area contributed by atoms with Crippen molar-refractivity contribution in [2.24, 2.45) is 7.05 Å². The SMILES string of the molecule is Cn1cc(CC(=O)Nc2cnn(CC3CCCCO3)c2)c2ccccc21. The Labute approximate surface area is 152 Å². The maximum atomic E-state index is 12.5. The van der Waals surface area contributed by atoms with Gasteiger partial charge < -0.3 is 14.6 Å². The number of nitrogens with zero attached hydrogens (tertiary/aromatic N) is 3. The summed E-state index contributed by atoms with van der Waals surface area (Å²) >= 11 is 0. The number of anilines is 1. The molecule has 3 heterocycles. The predicted molar refractivity (Wildman–Crippen MR) is 101 cm³/mol. The Bertz CT molecular complexity index is 906. The van der Waals surface area contributed by atoms with Gasteiger partial charge in [0.05, 0.1) is 31.0 Å². The minimum absolute atomic E-state index is 0.0326. The van der Waals surface area contributed by atoms with E-state index in [1.165, 1.54) is 6.42 Å². The van der Waals surface area contributed by atoms with Crippen molar-refractivity contribution >= 4 is 22.5 Å². The Morgan fingerprint density at radius 2 is 2.19 bits per heavy atom. The number of rotatable bonds is 5. The summed E-state index contributed by atoms with van der Waals surface area (Å²) in [4.78, 5) is 12.5. The summed E-state index contributed by atoms with van der Waals surface area (Å²) in [6.45, 7) is 1.57. The zero-order chi connectivity index (χ0) is 17.9. The minimum Gasteiger partial charge on any atom is -0.376 e. The number of hydrogen-bond acceptors (Lipinski definition) is 3. The Hall–Kier alpha value is -2.60. The van der Waals surface area contributed by atoms with E-state index < -0.39 is 0 Å². The molecule has 26 heavy (non-hydrogen) atoms. The molecule has 1 unspecified atom stereocenters. The number of nitrogens with one attached hydrogen (secondary N) is 1. The van der Waals surface area contributed by atoms with Crippen LogP contribution in [0.25, 0.3) is 10.9 Å². The number of aryl methyl sites for hydroxylation is 1. The maximum absolute atomic E-state index is 12.5. The molecule has 1 aromatic carbocycles. The van der Waals surface area contributed by atoms with Gasteiger partial charge >= 0.3 is 0 Å². The molecule has 6 nitrogen and oxygen atoms in total. The van der Waals surface area contributed by atoms with Crippen molar-refractivity contribution in [1.82, 2.24) is 14.3 Å².